The first kappa shape index (κ1) is 17.4. The monoisotopic (exact) mass is 376 g/mol. The minimum Gasteiger partial charge on any atom is -0.246 e. The van der Waals surface area contributed by atoms with Crippen molar-refractivity contribution in [3.05, 3.63) is 70.5 Å². The van der Waals surface area contributed by atoms with Crippen LogP contribution in [0.25, 0.3) is 0 Å². The summed E-state index contributed by atoms with van der Waals surface area (Å²) >= 11 is 6.12. The molecule has 0 bridgehead atoms. The Balaban J connectivity index is 1.80. The Morgan fingerprint density at radius 2 is 1.92 bits per heavy atom. The van der Waals surface area contributed by atoms with Crippen LogP contribution in [0.3, 0.4) is 0 Å². The summed E-state index contributed by atoms with van der Waals surface area (Å²) in [6, 6.07) is 12.5. The van der Waals surface area contributed by atoms with Gasteiger partial charge in [-0.25, -0.2) is 17.8 Å². The zero-order valence-electron chi connectivity index (χ0n) is 13.8. The fraction of sp³-hybridized carbons (Fsp3) is 0.176. The Bertz CT molecular complexity index is 1010. The maximum atomic E-state index is 12.5. The SMILES string of the molecule is Cc1ccc(S(=O)(=O)Nc2ncn(Cc3ccccc3Cl)n2)c(C)c1. The van der Waals surface area contributed by atoms with E-state index in [0.717, 1.165) is 11.1 Å². The van der Waals surface area contributed by atoms with Gasteiger partial charge in [-0.15, -0.1) is 5.10 Å². The van der Waals surface area contributed by atoms with Crippen LogP contribution in [-0.4, -0.2) is 23.2 Å². The molecule has 0 unspecified atom stereocenters. The number of hydrogen-bond donors (Lipinski definition) is 1. The van der Waals surface area contributed by atoms with Crippen LogP contribution in [0.5, 0.6) is 0 Å². The van der Waals surface area contributed by atoms with Gasteiger partial charge in [0.05, 0.1) is 11.4 Å². The largest absolute Gasteiger partial charge is 0.264 e. The molecule has 3 aromatic rings. The number of aryl methyl sites for hydroxylation is 2. The summed E-state index contributed by atoms with van der Waals surface area (Å²) in [7, 11) is -3.74. The Hall–Kier alpha value is -2.38. The summed E-state index contributed by atoms with van der Waals surface area (Å²) < 4.78 is 29.0. The molecule has 0 fully saturated rings. The molecule has 0 aliphatic heterocycles. The highest BCUT2D eigenvalue weighted by molar-refractivity contribution is 7.92. The van der Waals surface area contributed by atoms with Gasteiger partial charge in [0.2, 0.25) is 0 Å². The molecular weight excluding hydrogens is 360 g/mol. The van der Waals surface area contributed by atoms with E-state index in [2.05, 4.69) is 14.8 Å². The van der Waals surface area contributed by atoms with E-state index in [1.807, 2.05) is 31.2 Å². The van der Waals surface area contributed by atoms with Crippen molar-refractivity contribution in [1.29, 1.82) is 0 Å². The molecule has 0 aliphatic rings. The smallest absolute Gasteiger partial charge is 0.246 e. The molecule has 0 aliphatic carbocycles. The standard InChI is InChI=1S/C17H17ClN4O2S/c1-12-7-8-16(13(2)9-12)25(23,24)21-17-19-11-22(20-17)10-14-5-3-4-6-15(14)18/h3-9,11H,10H2,1-2H3,(H,20,21). The van der Waals surface area contributed by atoms with Gasteiger partial charge in [0, 0.05) is 5.02 Å². The van der Waals surface area contributed by atoms with E-state index < -0.39 is 10.0 Å². The fourth-order valence-electron chi connectivity index (χ4n) is 2.49. The molecule has 0 atom stereocenters. The van der Waals surface area contributed by atoms with Crippen molar-refractivity contribution in [2.24, 2.45) is 0 Å². The Morgan fingerprint density at radius 1 is 1.16 bits per heavy atom. The molecule has 25 heavy (non-hydrogen) atoms. The molecule has 0 amide bonds. The summed E-state index contributed by atoms with van der Waals surface area (Å²) in [5, 5.41) is 4.78. The molecule has 0 spiro atoms. The van der Waals surface area contributed by atoms with Gasteiger partial charge in [-0.05, 0) is 37.1 Å². The lowest BCUT2D eigenvalue weighted by molar-refractivity contribution is 0.600. The second-order valence-corrected chi connectivity index (χ2v) is 7.79. The lowest BCUT2D eigenvalue weighted by atomic mass is 10.2. The molecule has 2 aromatic carbocycles. The first-order chi connectivity index (χ1) is 11.8. The van der Waals surface area contributed by atoms with Crippen molar-refractivity contribution >= 4 is 27.6 Å². The van der Waals surface area contributed by atoms with Gasteiger partial charge in [0.1, 0.15) is 6.33 Å². The first-order valence-corrected chi connectivity index (χ1v) is 9.44. The van der Waals surface area contributed by atoms with Crippen molar-refractivity contribution in [2.75, 3.05) is 4.72 Å². The Morgan fingerprint density at radius 3 is 2.64 bits per heavy atom. The summed E-state index contributed by atoms with van der Waals surface area (Å²) in [5.41, 5.74) is 2.54. The number of aromatic nitrogens is 3. The number of hydrogen-bond acceptors (Lipinski definition) is 4. The average Bonchev–Trinajstić information content (AvgIpc) is 2.95. The molecule has 8 heteroatoms. The summed E-state index contributed by atoms with van der Waals surface area (Å²) in [4.78, 5) is 4.23. The van der Waals surface area contributed by atoms with Crippen LogP contribution >= 0.6 is 11.6 Å². The number of nitrogens with one attached hydrogen (secondary N) is 1. The molecular formula is C17H17ClN4O2S. The van der Waals surface area contributed by atoms with E-state index in [0.29, 0.717) is 17.1 Å². The van der Waals surface area contributed by atoms with Crippen molar-refractivity contribution in [2.45, 2.75) is 25.3 Å². The van der Waals surface area contributed by atoms with E-state index in [1.54, 1.807) is 25.1 Å². The minimum absolute atomic E-state index is 0.0204. The van der Waals surface area contributed by atoms with Gasteiger partial charge < -0.3 is 0 Å². The lowest BCUT2D eigenvalue weighted by Gasteiger charge is -2.08. The van der Waals surface area contributed by atoms with E-state index in [1.165, 1.54) is 11.0 Å². The normalized spacial score (nSPS) is 11.5. The molecule has 1 N–H and O–H groups in total. The minimum atomic E-state index is -3.74. The zero-order chi connectivity index (χ0) is 18.0. The predicted molar refractivity (Wildman–Crippen MR) is 97.3 cm³/mol. The molecule has 1 heterocycles. The van der Waals surface area contributed by atoms with Crippen LogP contribution in [0.2, 0.25) is 5.02 Å². The highest BCUT2D eigenvalue weighted by Crippen LogP contribution is 2.19. The molecule has 1 aromatic heterocycles. The van der Waals surface area contributed by atoms with Crippen molar-refractivity contribution < 1.29 is 8.42 Å². The van der Waals surface area contributed by atoms with Gasteiger partial charge in [-0.2, -0.15) is 4.98 Å². The third kappa shape index (κ3) is 4.00. The number of halogens is 1. The van der Waals surface area contributed by atoms with E-state index in [9.17, 15) is 8.42 Å². The zero-order valence-corrected chi connectivity index (χ0v) is 15.3. The number of nitrogens with zero attached hydrogens (tertiary/aromatic N) is 3. The third-order valence-electron chi connectivity index (χ3n) is 3.67. The van der Waals surface area contributed by atoms with Crippen LogP contribution in [0.15, 0.2) is 53.7 Å². The predicted octanol–water partition coefficient (Wildman–Crippen LogP) is 3.40. The van der Waals surface area contributed by atoms with Crippen LogP contribution in [-0.2, 0) is 16.6 Å². The van der Waals surface area contributed by atoms with Crippen molar-refractivity contribution in [3.63, 3.8) is 0 Å². The third-order valence-corrected chi connectivity index (χ3v) is 5.53. The van der Waals surface area contributed by atoms with Gasteiger partial charge in [-0.3, -0.25) is 0 Å². The summed E-state index contributed by atoms with van der Waals surface area (Å²) in [5.74, 6) is 0.0204. The molecule has 6 nitrogen and oxygen atoms in total. The summed E-state index contributed by atoms with van der Waals surface area (Å²) in [6.07, 6.45) is 1.46. The number of sulfonamides is 1. The first-order valence-electron chi connectivity index (χ1n) is 7.58. The molecule has 0 saturated heterocycles. The number of rotatable bonds is 5. The van der Waals surface area contributed by atoms with Crippen molar-refractivity contribution in [1.82, 2.24) is 14.8 Å². The second-order valence-electron chi connectivity index (χ2n) is 5.73. The number of anilines is 1. The van der Waals surface area contributed by atoms with E-state index in [4.69, 9.17) is 11.6 Å². The highest BCUT2D eigenvalue weighted by atomic mass is 35.5. The van der Waals surface area contributed by atoms with Gasteiger partial charge in [0.15, 0.2) is 0 Å². The average molecular weight is 377 g/mol. The van der Waals surface area contributed by atoms with Crippen LogP contribution in [0, 0.1) is 13.8 Å². The molecule has 130 valence electrons. The molecule has 3 rings (SSSR count). The Kier molecular flexibility index (Phi) is 4.78. The maximum Gasteiger partial charge on any atom is 0.264 e. The van der Waals surface area contributed by atoms with Crippen LogP contribution in [0.4, 0.5) is 5.95 Å². The van der Waals surface area contributed by atoms with Crippen LogP contribution in [0.1, 0.15) is 16.7 Å². The van der Waals surface area contributed by atoms with Gasteiger partial charge in [-0.1, -0.05) is 47.5 Å². The van der Waals surface area contributed by atoms with Gasteiger partial charge in [0.25, 0.3) is 16.0 Å². The Labute approximate surface area is 151 Å². The molecule has 0 saturated carbocycles. The second kappa shape index (κ2) is 6.85. The van der Waals surface area contributed by atoms with Crippen LogP contribution < -0.4 is 4.72 Å². The topological polar surface area (TPSA) is 76.9 Å². The fourth-order valence-corrected chi connectivity index (χ4v) is 3.86. The van der Waals surface area contributed by atoms with Gasteiger partial charge >= 0.3 is 0 Å². The summed E-state index contributed by atoms with van der Waals surface area (Å²) in [6.45, 7) is 4.07. The molecule has 0 radical (unpaired) electrons. The lowest BCUT2D eigenvalue weighted by Crippen LogP contribution is -2.15. The van der Waals surface area contributed by atoms with E-state index >= 15 is 0 Å². The van der Waals surface area contributed by atoms with Crippen molar-refractivity contribution in [3.8, 4) is 0 Å². The maximum absolute atomic E-state index is 12.5. The number of benzene rings is 2. The highest BCUT2D eigenvalue weighted by Gasteiger charge is 2.19. The van der Waals surface area contributed by atoms with E-state index in [-0.39, 0.29) is 10.8 Å². The quantitative estimate of drug-likeness (QED) is 0.740.